The Hall–Kier alpha value is -0.610. The highest BCUT2D eigenvalue weighted by atomic mass is 16.6. The van der Waals surface area contributed by atoms with E-state index in [0.717, 1.165) is 25.8 Å². The summed E-state index contributed by atoms with van der Waals surface area (Å²) >= 11 is 0. The van der Waals surface area contributed by atoms with E-state index in [4.69, 9.17) is 4.74 Å². The molecule has 4 nitrogen and oxygen atoms in total. The Labute approximate surface area is 83.8 Å². The number of aliphatic hydroxyl groups is 1. The molecular formula is C10H17NO3. The average molecular weight is 199 g/mol. The Kier molecular flexibility index (Phi) is 2.74. The van der Waals surface area contributed by atoms with Gasteiger partial charge in [0.2, 0.25) is 5.91 Å². The van der Waals surface area contributed by atoms with Gasteiger partial charge in [0.1, 0.15) is 0 Å². The van der Waals surface area contributed by atoms with Gasteiger partial charge in [-0.3, -0.25) is 4.79 Å². The lowest BCUT2D eigenvalue weighted by molar-refractivity contribution is -0.199. The number of aliphatic hydroxyl groups excluding tert-OH is 1. The predicted octanol–water partition coefficient (Wildman–Crippen LogP) is 0.495. The zero-order valence-electron chi connectivity index (χ0n) is 8.48. The third-order valence-corrected chi connectivity index (χ3v) is 3.16. The first-order valence-corrected chi connectivity index (χ1v) is 5.29. The highest BCUT2D eigenvalue weighted by Crippen LogP contribution is 2.29. The molecule has 0 aromatic heterocycles. The van der Waals surface area contributed by atoms with Gasteiger partial charge in [-0.2, -0.15) is 0 Å². The number of carbonyl (C=O) groups is 1. The third kappa shape index (κ3) is 1.77. The quantitative estimate of drug-likeness (QED) is 0.618. The molecule has 0 spiro atoms. The molecule has 2 rings (SSSR count). The molecule has 0 bridgehead atoms. The smallest absolute Gasteiger partial charge is 0.219 e. The second-order valence-electron chi connectivity index (χ2n) is 4.13. The summed E-state index contributed by atoms with van der Waals surface area (Å²) in [6, 6.07) is 0.199. The fraction of sp³-hybridized carbons (Fsp3) is 0.900. The lowest BCUT2D eigenvalue weighted by atomic mass is 9.92. The van der Waals surface area contributed by atoms with E-state index in [0.29, 0.717) is 6.42 Å². The molecule has 4 heteroatoms. The van der Waals surface area contributed by atoms with Gasteiger partial charge in [-0.25, -0.2) is 0 Å². The van der Waals surface area contributed by atoms with E-state index in [9.17, 15) is 9.90 Å². The van der Waals surface area contributed by atoms with E-state index in [1.165, 1.54) is 0 Å². The lowest BCUT2D eigenvalue weighted by Gasteiger charge is -2.44. The highest BCUT2D eigenvalue weighted by molar-refractivity contribution is 5.73. The van der Waals surface area contributed by atoms with Gasteiger partial charge in [-0.1, -0.05) is 0 Å². The summed E-state index contributed by atoms with van der Waals surface area (Å²) in [6.07, 6.45) is 2.88. The summed E-state index contributed by atoms with van der Waals surface area (Å²) in [5.74, 6) is 0.125. The Bertz CT molecular complexity index is 231. The van der Waals surface area contributed by atoms with Crippen LogP contribution < -0.4 is 0 Å². The van der Waals surface area contributed by atoms with E-state index in [1.54, 1.807) is 6.92 Å². The fourth-order valence-electron chi connectivity index (χ4n) is 2.50. The average Bonchev–Trinajstić information content (AvgIpc) is 2.16. The molecule has 1 amide bonds. The molecule has 2 fully saturated rings. The first-order chi connectivity index (χ1) is 6.68. The standard InChI is InChI=1S/C10H17NO3/c1-7(12)11-6-2-3-9-8(11)4-5-10(13)14-9/h8-10,13H,2-6H2,1H3/t8-,9+,10?/m0/s1. The van der Waals surface area contributed by atoms with E-state index < -0.39 is 6.29 Å². The number of nitrogens with zero attached hydrogens (tertiary/aromatic N) is 1. The monoisotopic (exact) mass is 199 g/mol. The summed E-state index contributed by atoms with van der Waals surface area (Å²) < 4.78 is 5.43. The number of rotatable bonds is 0. The van der Waals surface area contributed by atoms with Crippen LogP contribution in [0.25, 0.3) is 0 Å². The Balaban J connectivity index is 2.06. The Morgan fingerprint density at radius 1 is 1.43 bits per heavy atom. The van der Waals surface area contributed by atoms with Gasteiger partial charge < -0.3 is 14.7 Å². The molecule has 0 radical (unpaired) electrons. The van der Waals surface area contributed by atoms with Crippen molar-refractivity contribution in [1.29, 1.82) is 0 Å². The molecular weight excluding hydrogens is 182 g/mol. The maximum atomic E-state index is 11.3. The second kappa shape index (κ2) is 3.87. The molecule has 0 saturated carbocycles. The molecule has 1 N–H and O–H groups in total. The number of hydrogen-bond acceptors (Lipinski definition) is 3. The summed E-state index contributed by atoms with van der Waals surface area (Å²) in [5.41, 5.74) is 0. The number of likely N-dealkylation sites (tertiary alicyclic amines) is 1. The molecule has 80 valence electrons. The summed E-state index contributed by atoms with van der Waals surface area (Å²) in [6.45, 7) is 2.45. The van der Waals surface area contributed by atoms with Crippen LogP contribution in [0, 0.1) is 0 Å². The normalized spacial score (nSPS) is 37.9. The number of fused-ring (bicyclic) bond motifs is 1. The van der Waals surface area contributed by atoms with Crippen LogP contribution in [0.1, 0.15) is 32.6 Å². The number of ether oxygens (including phenoxy) is 1. The SMILES string of the molecule is CC(=O)N1CCC[C@H]2OC(O)CC[C@@H]21. The van der Waals surface area contributed by atoms with Crippen molar-refractivity contribution in [1.82, 2.24) is 4.90 Å². The molecule has 0 aliphatic carbocycles. The van der Waals surface area contributed by atoms with Crippen molar-refractivity contribution in [2.24, 2.45) is 0 Å². The lowest BCUT2D eigenvalue weighted by Crippen LogP contribution is -2.54. The van der Waals surface area contributed by atoms with Crippen LogP contribution in [-0.4, -0.2) is 40.9 Å². The van der Waals surface area contributed by atoms with Gasteiger partial charge in [0.15, 0.2) is 6.29 Å². The van der Waals surface area contributed by atoms with Crippen LogP contribution in [-0.2, 0) is 9.53 Å². The molecule has 1 unspecified atom stereocenters. The minimum Gasteiger partial charge on any atom is -0.368 e. The number of piperidine rings is 1. The zero-order valence-corrected chi connectivity index (χ0v) is 8.48. The zero-order chi connectivity index (χ0) is 10.1. The van der Waals surface area contributed by atoms with Crippen LogP contribution >= 0.6 is 0 Å². The number of hydrogen-bond donors (Lipinski definition) is 1. The van der Waals surface area contributed by atoms with Crippen molar-refractivity contribution in [3.63, 3.8) is 0 Å². The molecule has 2 heterocycles. The maximum Gasteiger partial charge on any atom is 0.219 e. The predicted molar refractivity (Wildman–Crippen MR) is 50.5 cm³/mol. The van der Waals surface area contributed by atoms with E-state index in [2.05, 4.69) is 0 Å². The minimum atomic E-state index is -0.622. The fourth-order valence-corrected chi connectivity index (χ4v) is 2.50. The van der Waals surface area contributed by atoms with Gasteiger partial charge >= 0.3 is 0 Å². The largest absolute Gasteiger partial charge is 0.368 e. The third-order valence-electron chi connectivity index (χ3n) is 3.16. The molecule has 0 aromatic rings. The van der Waals surface area contributed by atoms with Crippen LogP contribution in [0.5, 0.6) is 0 Å². The van der Waals surface area contributed by atoms with E-state index >= 15 is 0 Å². The van der Waals surface area contributed by atoms with Gasteiger partial charge in [0, 0.05) is 19.9 Å². The van der Waals surface area contributed by atoms with E-state index in [-0.39, 0.29) is 18.1 Å². The molecule has 14 heavy (non-hydrogen) atoms. The van der Waals surface area contributed by atoms with Gasteiger partial charge in [0.05, 0.1) is 12.1 Å². The first-order valence-electron chi connectivity index (χ1n) is 5.29. The summed E-state index contributed by atoms with van der Waals surface area (Å²) in [4.78, 5) is 13.2. The molecule has 2 aliphatic heterocycles. The van der Waals surface area contributed by atoms with Crippen molar-refractivity contribution < 1.29 is 14.6 Å². The van der Waals surface area contributed by atoms with Crippen molar-refractivity contribution >= 4 is 5.91 Å². The molecule has 3 atom stereocenters. The Morgan fingerprint density at radius 3 is 2.93 bits per heavy atom. The molecule has 0 aromatic carbocycles. The number of amides is 1. The Morgan fingerprint density at radius 2 is 2.21 bits per heavy atom. The highest BCUT2D eigenvalue weighted by Gasteiger charge is 2.37. The summed E-state index contributed by atoms with van der Waals surface area (Å²) in [7, 11) is 0. The molecule has 2 saturated heterocycles. The van der Waals surface area contributed by atoms with Gasteiger partial charge in [0.25, 0.3) is 0 Å². The van der Waals surface area contributed by atoms with Gasteiger partial charge in [-0.05, 0) is 19.3 Å². The van der Waals surface area contributed by atoms with Gasteiger partial charge in [-0.15, -0.1) is 0 Å². The van der Waals surface area contributed by atoms with Crippen molar-refractivity contribution in [2.45, 2.75) is 51.0 Å². The van der Waals surface area contributed by atoms with Crippen LogP contribution in [0.15, 0.2) is 0 Å². The van der Waals surface area contributed by atoms with Crippen LogP contribution in [0.2, 0.25) is 0 Å². The van der Waals surface area contributed by atoms with Crippen LogP contribution in [0.3, 0.4) is 0 Å². The van der Waals surface area contributed by atoms with E-state index in [1.807, 2.05) is 4.90 Å². The molecule has 2 aliphatic rings. The van der Waals surface area contributed by atoms with Crippen LogP contribution in [0.4, 0.5) is 0 Å². The topological polar surface area (TPSA) is 49.8 Å². The maximum absolute atomic E-state index is 11.3. The second-order valence-corrected chi connectivity index (χ2v) is 4.13. The minimum absolute atomic E-state index is 0.0522. The van der Waals surface area contributed by atoms with Crippen molar-refractivity contribution in [3.05, 3.63) is 0 Å². The first kappa shape index (κ1) is 9.93. The van der Waals surface area contributed by atoms with Crippen molar-refractivity contribution in [2.75, 3.05) is 6.54 Å². The summed E-state index contributed by atoms with van der Waals surface area (Å²) in [5, 5.41) is 9.35. The number of carbonyl (C=O) groups excluding carboxylic acids is 1. The van der Waals surface area contributed by atoms with Crippen molar-refractivity contribution in [3.8, 4) is 0 Å².